The Morgan fingerprint density at radius 3 is 2.45 bits per heavy atom. The van der Waals surface area contributed by atoms with Crippen molar-refractivity contribution in [2.24, 2.45) is 5.92 Å². The molecule has 2 amide bonds. The molecule has 0 radical (unpaired) electrons. The zero-order chi connectivity index (χ0) is 22.2. The fourth-order valence-corrected chi connectivity index (χ4v) is 5.45. The van der Waals surface area contributed by atoms with Crippen LogP contribution in [0.25, 0.3) is 0 Å². The van der Waals surface area contributed by atoms with Crippen molar-refractivity contribution in [1.82, 2.24) is 15.1 Å². The summed E-state index contributed by atoms with van der Waals surface area (Å²) in [4.78, 5) is 29.9. The van der Waals surface area contributed by atoms with Crippen molar-refractivity contribution >= 4 is 12.0 Å². The standard InChI is InChI=1S/C25H28FN3O3.CH4.H2/c1-32-24(30)19-3-2-16-10-13-29(23(21(16)14-19)18-4-6-20(26)7-5-18)25(31)27-22-15-28-11-8-17(22)9-12-28;;/h2-7,14,17,22-23H,8-13,15H2,1H3,(H,27,31);1H4;1H/t22-,23+;;/m1../s1. The molecule has 178 valence electrons. The summed E-state index contributed by atoms with van der Waals surface area (Å²) in [5.41, 5.74) is 3.23. The van der Waals surface area contributed by atoms with Crippen molar-refractivity contribution < 1.29 is 20.1 Å². The number of carbonyl (C=O) groups excluding carboxylic acids is 2. The summed E-state index contributed by atoms with van der Waals surface area (Å²) in [7, 11) is 1.35. The highest BCUT2D eigenvalue weighted by Gasteiger charge is 2.38. The van der Waals surface area contributed by atoms with Gasteiger partial charge in [-0.25, -0.2) is 14.0 Å². The van der Waals surface area contributed by atoms with E-state index in [1.807, 2.05) is 17.0 Å². The third kappa shape index (κ3) is 4.47. The van der Waals surface area contributed by atoms with Crippen LogP contribution in [0.15, 0.2) is 42.5 Å². The van der Waals surface area contributed by atoms with Crippen LogP contribution in [-0.4, -0.2) is 61.1 Å². The minimum absolute atomic E-state index is 0. The topological polar surface area (TPSA) is 61.9 Å². The molecule has 3 fully saturated rings. The Morgan fingerprint density at radius 1 is 1.09 bits per heavy atom. The second kappa shape index (κ2) is 9.51. The van der Waals surface area contributed by atoms with Gasteiger partial charge < -0.3 is 19.9 Å². The summed E-state index contributed by atoms with van der Waals surface area (Å²) in [6, 6.07) is 11.4. The second-order valence-corrected chi connectivity index (χ2v) is 9.00. The van der Waals surface area contributed by atoms with Crippen LogP contribution < -0.4 is 5.32 Å². The van der Waals surface area contributed by atoms with Gasteiger partial charge in [-0.3, -0.25) is 0 Å². The molecule has 1 N–H and O–H groups in total. The van der Waals surface area contributed by atoms with E-state index in [4.69, 9.17) is 4.74 Å². The van der Waals surface area contributed by atoms with Crippen LogP contribution in [0.3, 0.4) is 0 Å². The number of hydrogen-bond donors (Lipinski definition) is 1. The molecule has 2 atom stereocenters. The molecule has 0 spiro atoms. The Labute approximate surface area is 196 Å². The van der Waals surface area contributed by atoms with Gasteiger partial charge in [0.1, 0.15) is 5.82 Å². The number of benzene rings is 2. The second-order valence-electron chi connectivity index (χ2n) is 9.00. The van der Waals surface area contributed by atoms with Crippen LogP contribution in [-0.2, 0) is 11.2 Å². The number of esters is 1. The van der Waals surface area contributed by atoms with E-state index < -0.39 is 12.0 Å². The number of rotatable bonds is 3. The van der Waals surface area contributed by atoms with Gasteiger partial charge in [0, 0.05) is 20.6 Å². The Bertz CT molecular complexity index is 1020. The van der Waals surface area contributed by atoms with Gasteiger partial charge in [0.15, 0.2) is 0 Å². The molecule has 2 aromatic rings. The summed E-state index contributed by atoms with van der Waals surface area (Å²) in [6.07, 6.45) is 2.94. The maximum absolute atomic E-state index is 13.7. The molecule has 2 bridgehead atoms. The lowest BCUT2D eigenvalue weighted by molar-refractivity contribution is 0.0600. The van der Waals surface area contributed by atoms with Crippen molar-refractivity contribution in [3.8, 4) is 0 Å². The molecule has 6 nitrogen and oxygen atoms in total. The lowest BCUT2D eigenvalue weighted by atomic mass is 9.84. The predicted octanol–water partition coefficient (Wildman–Crippen LogP) is 4.25. The Balaban J connectivity index is 0.00000162. The minimum atomic E-state index is -0.417. The molecule has 3 saturated heterocycles. The van der Waals surface area contributed by atoms with Crippen molar-refractivity contribution in [2.45, 2.75) is 38.8 Å². The summed E-state index contributed by atoms with van der Waals surface area (Å²) in [5.74, 6) is -0.216. The van der Waals surface area contributed by atoms with Gasteiger partial charge in [-0.15, -0.1) is 0 Å². The first-order chi connectivity index (χ1) is 15.5. The highest BCUT2D eigenvalue weighted by molar-refractivity contribution is 5.90. The number of hydrogen-bond acceptors (Lipinski definition) is 4. The average Bonchev–Trinajstić information content (AvgIpc) is 2.83. The third-order valence-corrected chi connectivity index (χ3v) is 7.21. The molecular weight excluding hydrogens is 421 g/mol. The molecule has 7 heteroatoms. The largest absolute Gasteiger partial charge is 0.465 e. The fourth-order valence-electron chi connectivity index (χ4n) is 5.45. The van der Waals surface area contributed by atoms with Crippen molar-refractivity contribution in [2.75, 3.05) is 33.3 Å². The van der Waals surface area contributed by atoms with Crippen LogP contribution in [0.1, 0.15) is 54.8 Å². The first-order valence-electron chi connectivity index (χ1n) is 11.3. The van der Waals surface area contributed by atoms with Crippen molar-refractivity contribution in [3.05, 3.63) is 70.5 Å². The molecule has 4 heterocycles. The van der Waals surface area contributed by atoms with Gasteiger partial charge in [-0.1, -0.05) is 25.6 Å². The third-order valence-electron chi connectivity index (χ3n) is 7.21. The number of nitrogens with one attached hydrogen (secondary N) is 1. The van der Waals surface area contributed by atoms with Crippen molar-refractivity contribution in [3.63, 3.8) is 0 Å². The Hall–Kier alpha value is -2.93. The van der Waals surface area contributed by atoms with Gasteiger partial charge in [0.25, 0.3) is 0 Å². The van der Waals surface area contributed by atoms with Gasteiger partial charge in [-0.2, -0.15) is 0 Å². The Kier molecular flexibility index (Phi) is 6.70. The molecule has 2 aromatic carbocycles. The monoisotopic (exact) mass is 455 g/mol. The van der Waals surface area contributed by atoms with E-state index in [-0.39, 0.29) is 26.7 Å². The quantitative estimate of drug-likeness (QED) is 0.703. The van der Waals surface area contributed by atoms with E-state index >= 15 is 0 Å². The zero-order valence-corrected chi connectivity index (χ0v) is 18.2. The van der Waals surface area contributed by atoms with E-state index in [0.717, 1.165) is 49.2 Å². The lowest BCUT2D eigenvalue weighted by Gasteiger charge is -2.46. The molecule has 6 rings (SSSR count). The molecular formula is C26H34FN3O3. The van der Waals surface area contributed by atoms with Gasteiger partial charge in [0.2, 0.25) is 0 Å². The van der Waals surface area contributed by atoms with Crippen LogP contribution >= 0.6 is 0 Å². The number of amides is 2. The van der Waals surface area contributed by atoms with Crippen LogP contribution in [0.5, 0.6) is 0 Å². The SMILES string of the molecule is C.COC(=O)c1ccc2c(c1)[C@H](c1ccc(F)cc1)N(C(=O)N[C@@H]1CN3CCC1CC3)CC2.[HH]. The predicted molar refractivity (Wildman–Crippen MR) is 127 cm³/mol. The number of nitrogens with zero attached hydrogens (tertiary/aromatic N) is 2. The number of piperidine rings is 3. The number of methoxy groups -OCH3 is 1. The van der Waals surface area contributed by atoms with E-state index in [2.05, 4.69) is 10.2 Å². The smallest absolute Gasteiger partial charge is 0.337 e. The summed E-state index contributed by atoms with van der Waals surface area (Å²) in [6.45, 7) is 3.68. The first-order valence-corrected chi connectivity index (χ1v) is 11.3. The number of fused-ring (bicyclic) bond motifs is 4. The number of halogens is 1. The summed E-state index contributed by atoms with van der Waals surface area (Å²) < 4.78 is 18.6. The normalized spacial score (nSPS) is 25.6. The van der Waals surface area contributed by atoms with E-state index in [9.17, 15) is 14.0 Å². The fraction of sp³-hybridized carbons (Fsp3) is 0.462. The molecule has 33 heavy (non-hydrogen) atoms. The molecule has 0 aromatic heterocycles. The van der Waals surface area contributed by atoms with Crippen LogP contribution in [0.4, 0.5) is 9.18 Å². The van der Waals surface area contributed by atoms with E-state index in [1.165, 1.54) is 19.2 Å². The highest BCUT2D eigenvalue weighted by Crippen LogP contribution is 2.36. The van der Waals surface area contributed by atoms with Crippen LogP contribution in [0.2, 0.25) is 0 Å². The number of urea groups is 1. The maximum atomic E-state index is 13.7. The average molecular weight is 456 g/mol. The Morgan fingerprint density at radius 2 is 1.82 bits per heavy atom. The minimum Gasteiger partial charge on any atom is -0.465 e. The van der Waals surface area contributed by atoms with Gasteiger partial charge in [-0.05, 0) is 79.2 Å². The maximum Gasteiger partial charge on any atom is 0.337 e. The first kappa shape index (κ1) is 23.2. The van der Waals surface area contributed by atoms with E-state index in [0.29, 0.717) is 24.4 Å². The lowest BCUT2D eigenvalue weighted by Crippen LogP contribution is -2.59. The van der Waals surface area contributed by atoms with Crippen LogP contribution in [0, 0.1) is 11.7 Å². The molecule has 0 aliphatic carbocycles. The highest BCUT2D eigenvalue weighted by atomic mass is 19.1. The summed E-state index contributed by atoms with van der Waals surface area (Å²) in [5, 5.41) is 3.29. The molecule has 0 saturated carbocycles. The van der Waals surface area contributed by atoms with E-state index in [1.54, 1.807) is 18.2 Å². The van der Waals surface area contributed by atoms with Gasteiger partial charge in [0.05, 0.1) is 18.7 Å². The number of ether oxygens (including phenoxy) is 1. The number of carbonyl (C=O) groups is 2. The van der Waals surface area contributed by atoms with Gasteiger partial charge >= 0.3 is 12.0 Å². The summed E-state index contributed by atoms with van der Waals surface area (Å²) >= 11 is 0. The molecule has 4 aliphatic heterocycles. The zero-order valence-electron chi connectivity index (χ0n) is 18.2. The van der Waals surface area contributed by atoms with Crippen molar-refractivity contribution in [1.29, 1.82) is 0 Å². The molecule has 0 unspecified atom stereocenters. The molecule has 4 aliphatic rings.